The van der Waals surface area contributed by atoms with Gasteiger partial charge in [0.15, 0.2) is 17.8 Å². The molecule has 8 unspecified atom stereocenters. The monoisotopic (exact) mass is 565 g/mol. The van der Waals surface area contributed by atoms with Crippen LogP contribution in [0.3, 0.4) is 0 Å². The molecule has 39 heavy (non-hydrogen) atoms. The van der Waals surface area contributed by atoms with Crippen molar-refractivity contribution in [2.45, 2.75) is 92.4 Å². The SMILES string of the molecule is NC(=O)C1NCC(N[C@H]2CCCC[C@H]2N)CC1NC1CC(C2COC3C(=O)C=C(N4CCOCC4)OC32)NS1. The van der Waals surface area contributed by atoms with Crippen molar-refractivity contribution in [3.63, 3.8) is 0 Å². The van der Waals surface area contributed by atoms with E-state index < -0.39 is 12.1 Å². The Bertz CT molecular complexity index is 936. The van der Waals surface area contributed by atoms with Gasteiger partial charge in [0.05, 0.1) is 25.2 Å². The second-order valence-corrected chi connectivity index (χ2v) is 12.8. The number of nitrogens with zero attached hydrogens (tertiary/aromatic N) is 1. The Labute approximate surface area is 234 Å². The first-order valence-electron chi connectivity index (χ1n) is 14.5. The molecule has 5 heterocycles. The van der Waals surface area contributed by atoms with Crippen LogP contribution in [0.4, 0.5) is 0 Å². The van der Waals surface area contributed by atoms with Crippen LogP contribution < -0.4 is 32.1 Å². The molecule has 0 aromatic rings. The van der Waals surface area contributed by atoms with E-state index in [1.54, 1.807) is 18.0 Å². The maximum Gasteiger partial charge on any atom is 0.236 e. The number of morpholine rings is 1. The molecule has 12 nitrogen and oxygen atoms in total. The van der Waals surface area contributed by atoms with E-state index in [9.17, 15) is 9.59 Å². The van der Waals surface area contributed by atoms with E-state index in [2.05, 4.69) is 25.6 Å². The molecule has 0 spiro atoms. The fourth-order valence-corrected chi connectivity index (χ4v) is 8.15. The van der Waals surface area contributed by atoms with E-state index in [1.165, 1.54) is 12.8 Å². The van der Waals surface area contributed by atoms with Gasteiger partial charge in [-0.15, -0.1) is 0 Å². The van der Waals surface area contributed by atoms with Gasteiger partial charge in [-0.3, -0.25) is 19.6 Å². The summed E-state index contributed by atoms with van der Waals surface area (Å²) in [4.78, 5) is 27.2. The minimum atomic E-state index is -0.557. The number of rotatable bonds is 7. The minimum absolute atomic E-state index is 0.0237. The van der Waals surface area contributed by atoms with Crippen LogP contribution in [0.25, 0.3) is 0 Å². The second-order valence-electron chi connectivity index (χ2n) is 11.8. The zero-order valence-electron chi connectivity index (χ0n) is 22.4. The predicted octanol–water partition coefficient (Wildman–Crippen LogP) is -1.49. The van der Waals surface area contributed by atoms with Gasteiger partial charge in [-0.05, 0) is 25.7 Å². The van der Waals surface area contributed by atoms with E-state index in [4.69, 9.17) is 25.7 Å². The van der Waals surface area contributed by atoms with Gasteiger partial charge < -0.3 is 41.2 Å². The normalized spacial score (nSPS) is 43.1. The second kappa shape index (κ2) is 12.2. The summed E-state index contributed by atoms with van der Waals surface area (Å²) < 4.78 is 21.4. The Morgan fingerprint density at radius 1 is 1.13 bits per heavy atom. The van der Waals surface area contributed by atoms with Gasteiger partial charge in [0.1, 0.15) is 12.1 Å². The number of ketones is 1. The highest BCUT2D eigenvalue weighted by Crippen LogP contribution is 2.38. The van der Waals surface area contributed by atoms with Crippen molar-refractivity contribution in [1.29, 1.82) is 0 Å². The van der Waals surface area contributed by atoms with Crippen molar-refractivity contribution >= 4 is 23.6 Å². The van der Waals surface area contributed by atoms with Crippen LogP contribution in [0.5, 0.6) is 0 Å². The zero-order valence-corrected chi connectivity index (χ0v) is 23.2. The summed E-state index contributed by atoms with van der Waals surface area (Å²) in [5, 5.41) is 10.9. The third-order valence-corrected chi connectivity index (χ3v) is 10.2. The Hall–Kier alpha value is -1.45. The minimum Gasteiger partial charge on any atom is -0.472 e. The molecule has 0 bridgehead atoms. The van der Waals surface area contributed by atoms with Crippen LogP contribution >= 0.6 is 11.9 Å². The number of amides is 1. The molecule has 5 fully saturated rings. The Kier molecular flexibility index (Phi) is 8.66. The van der Waals surface area contributed by atoms with Crippen LogP contribution in [0.2, 0.25) is 0 Å². The molecule has 10 atom stereocenters. The molecule has 0 aromatic heterocycles. The third-order valence-electron chi connectivity index (χ3n) is 9.16. The summed E-state index contributed by atoms with van der Waals surface area (Å²) in [7, 11) is 0. The van der Waals surface area contributed by atoms with Crippen molar-refractivity contribution in [2.75, 3.05) is 39.5 Å². The average Bonchev–Trinajstić information content (AvgIpc) is 3.58. The number of carbonyl (C=O) groups is 2. The number of primary amides is 1. The lowest BCUT2D eigenvalue weighted by Gasteiger charge is -2.40. The molecule has 0 aromatic carbocycles. The predicted molar refractivity (Wildman–Crippen MR) is 146 cm³/mol. The lowest BCUT2D eigenvalue weighted by atomic mass is 9.88. The molecule has 8 N–H and O–H groups in total. The number of hydrogen-bond donors (Lipinski definition) is 6. The standard InChI is InChI=1S/C26H43N7O5S/c27-16-3-1-2-4-17(16)30-14-9-19(23(26(28)35)29-12-14)31-21-10-18(32-39-21)15-13-37-25-20(34)11-22(38-24(15)25)33-5-7-36-8-6-33/h11,14-19,21,23-25,29-32H,1-10,12-13,27H2,(H2,28,35)/t14?,15?,16-,17+,18?,19?,21?,23?,24?,25?/m1/s1. The quantitative estimate of drug-likeness (QED) is 0.199. The summed E-state index contributed by atoms with van der Waals surface area (Å²) >= 11 is 1.63. The maximum absolute atomic E-state index is 12.9. The lowest BCUT2D eigenvalue weighted by molar-refractivity contribution is -0.133. The van der Waals surface area contributed by atoms with Gasteiger partial charge in [-0.25, -0.2) is 0 Å². The van der Waals surface area contributed by atoms with E-state index >= 15 is 0 Å². The number of piperidine rings is 1. The summed E-state index contributed by atoms with van der Waals surface area (Å²) in [5.74, 6) is 0.316. The summed E-state index contributed by atoms with van der Waals surface area (Å²) in [6.45, 7) is 3.85. The smallest absolute Gasteiger partial charge is 0.236 e. The number of hydrogen-bond acceptors (Lipinski definition) is 12. The van der Waals surface area contributed by atoms with Gasteiger partial charge in [0, 0.05) is 61.8 Å². The first kappa shape index (κ1) is 27.7. The number of fused-ring (bicyclic) bond motifs is 1. The van der Waals surface area contributed by atoms with Gasteiger partial charge in [0.25, 0.3) is 0 Å². The Balaban J connectivity index is 1.06. The van der Waals surface area contributed by atoms with Crippen molar-refractivity contribution in [3.8, 4) is 0 Å². The van der Waals surface area contributed by atoms with Gasteiger partial charge in [-0.2, -0.15) is 0 Å². The van der Waals surface area contributed by atoms with Crippen molar-refractivity contribution in [3.05, 3.63) is 12.0 Å². The number of nitrogens with two attached hydrogens (primary N) is 2. The van der Waals surface area contributed by atoms with Crippen LogP contribution in [0.1, 0.15) is 38.5 Å². The van der Waals surface area contributed by atoms with Crippen LogP contribution in [0.15, 0.2) is 12.0 Å². The molecule has 1 saturated carbocycles. The summed E-state index contributed by atoms with van der Waals surface area (Å²) in [6, 6.07) is 0.299. The molecule has 1 amide bonds. The molecule has 6 rings (SSSR count). The van der Waals surface area contributed by atoms with Crippen LogP contribution in [-0.2, 0) is 23.8 Å². The van der Waals surface area contributed by atoms with Crippen molar-refractivity contribution < 1.29 is 23.8 Å². The molecular formula is C26H43N7O5S. The van der Waals surface area contributed by atoms with Crippen molar-refractivity contribution in [2.24, 2.45) is 17.4 Å². The third kappa shape index (κ3) is 6.10. The highest BCUT2D eigenvalue weighted by atomic mass is 32.2. The molecule has 6 aliphatic rings. The van der Waals surface area contributed by atoms with E-state index in [0.29, 0.717) is 51.4 Å². The van der Waals surface area contributed by atoms with Gasteiger partial charge in [0.2, 0.25) is 5.91 Å². The Morgan fingerprint density at radius 3 is 2.74 bits per heavy atom. The largest absolute Gasteiger partial charge is 0.472 e. The first-order valence-corrected chi connectivity index (χ1v) is 15.4. The van der Waals surface area contributed by atoms with Crippen LogP contribution in [0, 0.1) is 5.92 Å². The average molecular weight is 566 g/mol. The molecular weight excluding hydrogens is 522 g/mol. The molecule has 5 aliphatic heterocycles. The topological polar surface area (TPSA) is 165 Å². The summed E-state index contributed by atoms with van der Waals surface area (Å²) in [5.41, 5.74) is 12.2. The van der Waals surface area contributed by atoms with E-state index in [-0.39, 0.29) is 53.3 Å². The van der Waals surface area contributed by atoms with Crippen molar-refractivity contribution in [1.82, 2.24) is 25.6 Å². The summed E-state index contributed by atoms with van der Waals surface area (Å²) in [6.07, 6.45) is 6.88. The molecule has 4 saturated heterocycles. The lowest BCUT2D eigenvalue weighted by Crippen LogP contribution is -2.66. The van der Waals surface area contributed by atoms with E-state index in [1.807, 2.05) is 0 Å². The molecule has 1 aliphatic carbocycles. The Morgan fingerprint density at radius 2 is 1.95 bits per heavy atom. The highest BCUT2D eigenvalue weighted by Gasteiger charge is 2.51. The molecule has 13 heteroatoms. The first-order chi connectivity index (χ1) is 19.0. The van der Waals surface area contributed by atoms with Crippen LogP contribution in [-0.4, -0.2) is 110 Å². The highest BCUT2D eigenvalue weighted by molar-refractivity contribution is 7.98. The fraction of sp³-hybridized carbons (Fsp3) is 0.846. The number of nitrogens with one attached hydrogen (secondary N) is 4. The fourth-order valence-electron chi connectivity index (χ4n) is 6.99. The number of carbonyl (C=O) groups excluding carboxylic acids is 2. The molecule has 0 radical (unpaired) electrons. The molecule has 218 valence electrons. The number of ether oxygens (including phenoxy) is 3. The maximum atomic E-state index is 12.9. The van der Waals surface area contributed by atoms with Gasteiger partial charge in [-0.1, -0.05) is 24.8 Å². The van der Waals surface area contributed by atoms with Gasteiger partial charge >= 0.3 is 0 Å². The zero-order chi connectivity index (χ0) is 26.9. The van der Waals surface area contributed by atoms with E-state index in [0.717, 1.165) is 25.7 Å².